The average Bonchev–Trinajstić information content (AvgIpc) is 3.35. The van der Waals surface area contributed by atoms with Crippen LogP contribution in [-0.4, -0.2) is 41.7 Å². The zero-order chi connectivity index (χ0) is 19.1. The first-order valence-corrected chi connectivity index (χ1v) is 10.9. The van der Waals surface area contributed by atoms with Gasteiger partial charge < -0.3 is 10.6 Å². The van der Waals surface area contributed by atoms with E-state index < -0.39 is 0 Å². The zero-order valence-electron chi connectivity index (χ0n) is 15.3. The molecule has 2 atom stereocenters. The Morgan fingerprint density at radius 1 is 1.25 bits per heavy atom. The summed E-state index contributed by atoms with van der Waals surface area (Å²) in [5.74, 6) is 0.529. The molecule has 146 valence electrons. The summed E-state index contributed by atoms with van der Waals surface area (Å²) in [5.41, 5.74) is 6.57. The summed E-state index contributed by atoms with van der Waals surface area (Å²) in [7, 11) is 0. The zero-order valence-corrected chi connectivity index (χ0v) is 16.9. The van der Waals surface area contributed by atoms with Gasteiger partial charge in [-0.3, -0.25) is 9.80 Å². The quantitative estimate of drug-likeness (QED) is 0.719. The Hall–Kier alpha value is -1.93. The Balaban J connectivity index is 1.40. The van der Waals surface area contributed by atoms with E-state index in [1.165, 1.54) is 0 Å². The number of halogens is 1. The number of rotatable bonds is 3. The summed E-state index contributed by atoms with van der Waals surface area (Å²) < 4.78 is 0. The van der Waals surface area contributed by atoms with Crippen molar-refractivity contribution in [1.82, 2.24) is 26.1 Å². The Morgan fingerprint density at radius 2 is 2.11 bits per heavy atom. The number of nitrogens with zero attached hydrogens (tertiary/aromatic N) is 2. The van der Waals surface area contributed by atoms with Crippen molar-refractivity contribution in [2.24, 2.45) is 5.92 Å². The lowest BCUT2D eigenvalue weighted by atomic mass is 9.92. The van der Waals surface area contributed by atoms with Crippen LogP contribution in [0.25, 0.3) is 11.3 Å². The van der Waals surface area contributed by atoms with Crippen LogP contribution in [0, 0.1) is 5.92 Å². The van der Waals surface area contributed by atoms with Crippen molar-refractivity contribution in [3.8, 4) is 11.3 Å². The van der Waals surface area contributed by atoms with Crippen molar-refractivity contribution in [3.05, 3.63) is 51.4 Å². The maximum absolute atomic E-state index is 12.4. The van der Waals surface area contributed by atoms with Crippen LogP contribution in [0.2, 0.25) is 5.02 Å². The molecule has 2 saturated heterocycles. The number of hydrogen-bond acceptors (Lipinski definition) is 6. The smallest absolute Gasteiger partial charge is 0.247 e. The molecule has 0 aliphatic carbocycles. The van der Waals surface area contributed by atoms with Gasteiger partial charge in [-0.1, -0.05) is 23.7 Å². The van der Waals surface area contributed by atoms with Gasteiger partial charge in [0.1, 0.15) is 11.2 Å². The van der Waals surface area contributed by atoms with E-state index in [2.05, 4.69) is 26.4 Å². The van der Waals surface area contributed by atoms with Gasteiger partial charge in [0.15, 0.2) is 0 Å². The number of fused-ring (bicyclic) bond motifs is 1. The summed E-state index contributed by atoms with van der Waals surface area (Å²) in [6.07, 6.45) is 3.79. The summed E-state index contributed by atoms with van der Waals surface area (Å²) in [4.78, 5) is 17.3. The van der Waals surface area contributed by atoms with Crippen LogP contribution in [0.4, 0.5) is 0 Å². The van der Waals surface area contributed by atoms with Crippen LogP contribution in [0.15, 0.2) is 41.4 Å². The molecular formula is C20H22ClN5OS. The monoisotopic (exact) mass is 415 g/mol. The lowest BCUT2D eigenvalue weighted by molar-refractivity contribution is -0.119. The van der Waals surface area contributed by atoms with E-state index in [4.69, 9.17) is 16.6 Å². The number of hydrogen-bond donors (Lipinski definition) is 3. The molecule has 3 aliphatic rings. The van der Waals surface area contributed by atoms with Crippen LogP contribution in [0.1, 0.15) is 23.8 Å². The third-order valence-corrected chi connectivity index (χ3v) is 6.92. The molecule has 2 aromatic rings. The maximum atomic E-state index is 12.4. The average molecular weight is 416 g/mol. The van der Waals surface area contributed by atoms with Gasteiger partial charge in [0, 0.05) is 40.2 Å². The molecule has 0 spiro atoms. The SMILES string of the molecule is O=C1C=C(C2CCNCC2)N2NCC(c3nc(-c4cccc(Cl)c4)cs3)C2N1. The fourth-order valence-electron chi connectivity index (χ4n) is 4.29. The predicted octanol–water partition coefficient (Wildman–Crippen LogP) is 2.71. The topological polar surface area (TPSA) is 69.3 Å². The van der Waals surface area contributed by atoms with Crippen LogP contribution >= 0.6 is 22.9 Å². The van der Waals surface area contributed by atoms with Gasteiger partial charge in [-0.2, -0.15) is 0 Å². The number of piperidine rings is 1. The van der Waals surface area contributed by atoms with Gasteiger partial charge in [0.25, 0.3) is 0 Å². The van der Waals surface area contributed by atoms with Crippen LogP contribution in [-0.2, 0) is 4.79 Å². The highest BCUT2D eigenvalue weighted by Gasteiger charge is 2.43. The van der Waals surface area contributed by atoms with E-state index in [0.717, 1.165) is 54.4 Å². The fourth-order valence-corrected chi connectivity index (χ4v) is 5.44. The molecule has 6 nitrogen and oxygen atoms in total. The van der Waals surface area contributed by atoms with Gasteiger partial charge in [-0.05, 0) is 38.1 Å². The van der Waals surface area contributed by atoms with Gasteiger partial charge in [-0.15, -0.1) is 11.3 Å². The standard InChI is InChI=1S/C20H22ClN5OS/c21-14-3-1-2-13(8-14)16-11-28-20(24-16)15-10-23-26-17(9-18(27)25-19(15)26)12-4-6-22-7-5-12/h1-3,8-9,11-12,15,19,22-23H,4-7,10H2,(H,25,27). The second-order valence-corrected chi connectivity index (χ2v) is 8.79. The molecule has 1 aromatic carbocycles. The first-order chi connectivity index (χ1) is 13.7. The molecule has 2 unspecified atom stereocenters. The van der Waals surface area contributed by atoms with E-state index in [1.807, 2.05) is 24.3 Å². The molecule has 0 saturated carbocycles. The molecule has 1 amide bonds. The van der Waals surface area contributed by atoms with Gasteiger partial charge in [0.2, 0.25) is 5.91 Å². The molecule has 28 heavy (non-hydrogen) atoms. The Bertz CT molecular complexity index is 923. The molecule has 4 heterocycles. The number of nitrogens with one attached hydrogen (secondary N) is 3. The number of thiazole rings is 1. The van der Waals surface area contributed by atoms with Gasteiger partial charge >= 0.3 is 0 Å². The maximum Gasteiger partial charge on any atom is 0.247 e. The minimum Gasteiger partial charge on any atom is -0.330 e. The van der Waals surface area contributed by atoms with E-state index in [9.17, 15) is 4.79 Å². The normalized spacial score (nSPS) is 25.4. The molecule has 3 aliphatic heterocycles. The minimum atomic E-state index is -0.0965. The first-order valence-electron chi connectivity index (χ1n) is 9.66. The number of benzene rings is 1. The number of amides is 1. The van der Waals surface area contributed by atoms with Crippen molar-refractivity contribution in [3.63, 3.8) is 0 Å². The summed E-state index contributed by atoms with van der Waals surface area (Å²) >= 11 is 7.77. The van der Waals surface area contributed by atoms with Crippen LogP contribution in [0.3, 0.4) is 0 Å². The number of aromatic nitrogens is 1. The molecule has 5 rings (SSSR count). The Labute approximate surface area is 173 Å². The van der Waals surface area contributed by atoms with Crippen molar-refractivity contribution < 1.29 is 4.79 Å². The Morgan fingerprint density at radius 3 is 2.93 bits per heavy atom. The van der Waals surface area contributed by atoms with E-state index >= 15 is 0 Å². The molecule has 0 radical (unpaired) electrons. The highest BCUT2D eigenvalue weighted by molar-refractivity contribution is 7.10. The third kappa shape index (κ3) is 3.33. The van der Waals surface area contributed by atoms with Gasteiger partial charge in [-0.25, -0.2) is 10.4 Å². The molecule has 3 N–H and O–H groups in total. The Kier molecular flexibility index (Phi) is 4.84. The van der Waals surface area contributed by atoms with Crippen molar-refractivity contribution in [2.45, 2.75) is 24.9 Å². The highest BCUT2D eigenvalue weighted by Crippen LogP contribution is 2.37. The van der Waals surface area contributed by atoms with Crippen LogP contribution in [0.5, 0.6) is 0 Å². The van der Waals surface area contributed by atoms with Gasteiger partial charge in [0.05, 0.1) is 11.6 Å². The lowest BCUT2D eigenvalue weighted by Gasteiger charge is -2.38. The third-order valence-electron chi connectivity index (χ3n) is 5.71. The van der Waals surface area contributed by atoms with E-state index in [1.54, 1.807) is 17.4 Å². The molecule has 2 fully saturated rings. The summed E-state index contributed by atoms with van der Waals surface area (Å²) in [6, 6.07) is 7.75. The number of carbonyl (C=O) groups is 1. The summed E-state index contributed by atoms with van der Waals surface area (Å²) in [5, 5.41) is 12.5. The fraction of sp³-hybridized carbons (Fsp3) is 0.400. The molecular weight excluding hydrogens is 394 g/mol. The number of carbonyl (C=O) groups excluding carboxylic acids is 1. The number of hydrazine groups is 1. The van der Waals surface area contributed by atoms with Crippen LogP contribution < -0.4 is 16.1 Å². The van der Waals surface area contributed by atoms with Crippen molar-refractivity contribution in [2.75, 3.05) is 19.6 Å². The molecule has 8 heteroatoms. The van der Waals surface area contributed by atoms with E-state index in [-0.39, 0.29) is 18.0 Å². The highest BCUT2D eigenvalue weighted by atomic mass is 35.5. The summed E-state index contributed by atoms with van der Waals surface area (Å²) in [6.45, 7) is 2.76. The number of allylic oxidation sites excluding steroid dienone is 1. The second-order valence-electron chi connectivity index (χ2n) is 7.47. The first kappa shape index (κ1) is 18.1. The largest absolute Gasteiger partial charge is 0.330 e. The van der Waals surface area contributed by atoms with Crippen molar-refractivity contribution in [1.29, 1.82) is 0 Å². The minimum absolute atomic E-state index is 0.00453. The van der Waals surface area contributed by atoms with E-state index in [0.29, 0.717) is 10.9 Å². The predicted molar refractivity (Wildman–Crippen MR) is 111 cm³/mol. The molecule has 1 aromatic heterocycles. The molecule has 0 bridgehead atoms. The lowest BCUT2D eigenvalue weighted by Crippen LogP contribution is -2.53. The van der Waals surface area contributed by atoms with Crippen molar-refractivity contribution >= 4 is 28.8 Å². The second kappa shape index (κ2) is 7.48.